The maximum atomic E-state index is 12.4. The Kier molecular flexibility index (Phi) is 5.44. The minimum absolute atomic E-state index is 0.00822. The Morgan fingerprint density at radius 1 is 1.37 bits per heavy atom. The van der Waals surface area contributed by atoms with Crippen LogP contribution in [0.1, 0.15) is 5.56 Å². The number of anilines is 1. The molecule has 0 fully saturated rings. The summed E-state index contributed by atoms with van der Waals surface area (Å²) in [7, 11) is 1.44. The quantitative estimate of drug-likeness (QED) is 0.777. The molecule has 0 spiro atoms. The van der Waals surface area contributed by atoms with E-state index in [9.17, 15) is 13.2 Å². The van der Waals surface area contributed by atoms with Gasteiger partial charge in [0.15, 0.2) is 0 Å². The van der Waals surface area contributed by atoms with Gasteiger partial charge in [0.05, 0.1) is 20.3 Å². The number of halogens is 3. The third-order valence-corrected chi connectivity index (χ3v) is 2.52. The number of hydrogen-bond donors (Lipinski definition) is 2. The van der Waals surface area contributed by atoms with Gasteiger partial charge in [-0.3, -0.25) is 4.90 Å². The molecule has 0 heterocycles. The van der Waals surface area contributed by atoms with Crippen molar-refractivity contribution >= 4 is 5.69 Å². The van der Waals surface area contributed by atoms with Crippen molar-refractivity contribution in [1.82, 2.24) is 4.90 Å². The SMILES string of the molecule is COc1ccc(N)cc1CN(CCO)CC(F)(F)F. The fraction of sp³-hybridized carbons (Fsp3) is 0.500. The number of nitrogen functional groups attached to an aromatic ring is 1. The lowest BCUT2D eigenvalue weighted by Gasteiger charge is -2.23. The molecule has 0 aliphatic rings. The molecular formula is C12H17F3N2O2. The van der Waals surface area contributed by atoms with Crippen LogP contribution >= 0.6 is 0 Å². The van der Waals surface area contributed by atoms with Gasteiger partial charge in [-0.25, -0.2) is 0 Å². The molecule has 19 heavy (non-hydrogen) atoms. The number of nitrogens with zero attached hydrogens (tertiary/aromatic N) is 1. The van der Waals surface area contributed by atoms with E-state index in [0.29, 0.717) is 17.0 Å². The molecule has 7 heteroatoms. The Morgan fingerprint density at radius 2 is 2.05 bits per heavy atom. The Bertz CT molecular complexity index is 410. The minimum Gasteiger partial charge on any atom is -0.496 e. The number of ether oxygens (including phenoxy) is 1. The van der Waals surface area contributed by atoms with Gasteiger partial charge in [-0.2, -0.15) is 13.2 Å². The molecular weight excluding hydrogens is 261 g/mol. The Labute approximate surface area is 109 Å². The molecule has 0 saturated heterocycles. The molecule has 1 rings (SSSR count). The molecule has 0 aromatic heterocycles. The lowest BCUT2D eigenvalue weighted by Crippen LogP contribution is -2.35. The molecule has 0 aliphatic heterocycles. The van der Waals surface area contributed by atoms with E-state index in [1.165, 1.54) is 7.11 Å². The Balaban J connectivity index is 2.86. The van der Waals surface area contributed by atoms with Crippen LogP contribution in [0.15, 0.2) is 18.2 Å². The summed E-state index contributed by atoms with van der Waals surface area (Å²) < 4.78 is 42.3. The highest BCUT2D eigenvalue weighted by Crippen LogP contribution is 2.24. The van der Waals surface area contributed by atoms with Crippen LogP contribution in [0.4, 0.5) is 18.9 Å². The molecule has 3 N–H and O–H groups in total. The summed E-state index contributed by atoms with van der Waals surface area (Å²) in [5.41, 5.74) is 6.62. The molecule has 0 unspecified atom stereocenters. The summed E-state index contributed by atoms with van der Waals surface area (Å²) >= 11 is 0. The number of rotatable bonds is 6. The van der Waals surface area contributed by atoms with Crippen LogP contribution in [0, 0.1) is 0 Å². The van der Waals surface area contributed by atoms with Gasteiger partial charge in [-0.15, -0.1) is 0 Å². The van der Waals surface area contributed by atoms with Crippen LogP contribution in [0.5, 0.6) is 5.75 Å². The monoisotopic (exact) mass is 278 g/mol. The number of benzene rings is 1. The van der Waals surface area contributed by atoms with Crippen LogP contribution < -0.4 is 10.5 Å². The van der Waals surface area contributed by atoms with Crippen LogP contribution in [0.3, 0.4) is 0 Å². The first-order chi connectivity index (χ1) is 8.85. The van der Waals surface area contributed by atoms with E-state index in [-0.39, 0.29) is 19.7 Å². The average molecular weight is 278 g/mol. The maximum Gasteiger partial charge on any atom is 0.401 e. The van der Waals surface area contributed by atoms with Crippen molar-refractivity contribution in [3.05, 3.63) is 23.8 Å². The minimum atomic E-state index is -4.32. The molecule has 108 valence electrons. The molecule has 4 nitrogen and oxygen atoms in total. The second kappa shape index (κ2) is 6.63. The normalized spacial score (nSPS) is 11.9. The topological polar surface area (TPSA) is 58.7 Å². The zero-order valence-corrected chi connectivity index (χ0v) is 10.6. The van der Waals surface area contributed by atoms with Crippen molar-refractivity contribution < 1.29 is 23.0 Å². The molecule has 0 saturated carbocycles. The van der Waals surface area contributed by atoms with Gasteiger partial charge < -0.3 is 15.6 Å². The fourth-order valence-electron chi connectivity index (χ4n) is 1.77. The van der Waals surface area contributed by atoms with Crippen molar-refractivity contribution in [3.63, 3.8) is 0 Å². The molecule has 0 amide bonds. The standard InChI is InChI=1S/C12H17F3N2O2/c1-19-11-3-2-10(16)6-9(11)7-17(4-5-18)8-12(13,14)15/h2-3,6,18H,4-5,7-8,16H2,1H3. The van der Waals surface area contributed by atoms with E-state index in [4.69, 9.17) is 15.6 Å². The van der Waals surface area contributed by atoms with Crippen LogP contribution in [-0.4, -0.2) is 43.0 Å². The summed E-state index contributed by atoms with van der Waals surface area (Å²) in [6.07, 6.45) is -4.32. The molecule has 0 aliphatic carbocycles. The van der Waals surface area contributed by atoms with Crippen molar-refractivity contribution in [3.8, 4) is 5.75 Å². The van der Waals surface area contributed by atoms with Crippen molar-refractivity contribution in [1.29, 1.82) is 0 Å². The summed E-state index contributed by atoms with van der Waals surface area (Å²) in [6.45, 7) is -1.50. The number of hydrogen-bond acceptors (Lipinski definition) is 4. The van der Waals surface area contributed by atoms with Gasteiger partial charge in [-0.1, -0.05) is 0 Å². The van der Waals surface area contributed by atoms with E-state index in [0.717, 1.165) is 4.90 Å². The third-order valence-electron chi connectivity index (χ3n) is 2.52. The zero-order chi connectivity index (χ0) is 14.5. The fourth-order valence-corrected chi connectivity index (χ4v) is 1.77. The summed E-state index contributed by atoms with van der Waals surface area (Å²) in [5.74, 6) is 0.472. The predicted octanol–water partition coefficient (Wildman–Crippen LogP) is 1.63. The number of alkyl halides is 3. The molecule has 0 bridgehead atoms. The van der Waals surface area contributed by atoms with Crippen molar-refractivity contribution in [2.24, 2.45) is 0 Å². The first kappa shape index (κ1) is 15.6. The maximum absolute atomic E-state index is 12.4. The summed E-state index contributed by atoms with van der Waals surface area (Å²) in [5, 5.41) is 8.83. The Morgan fingerprint density at radius 3 is 2.58 bits per heavy atom. The smallest absolute Gasteiger partial charge is 0.401 e. The van der Waals surface area contributed by atoms with Gasteiger partial charge in [0.1, 0.15) is 5.75 Å². The largest absolute Gasteiger partial charge is 0.496 e. The van der Waals surface area contributed by atoms with Crippen molar-refractivity contribution in [2.75, 3.05) is 32.5 Å². The van der Waals surface area contributed by atoms with Gasteiger partial charge in [-0.05, 0) is 18.2 Å². The number of methoxy groups -OCH3 is 1. The van der Waals surface area contributed by atoms with Gasteiger partial charge in [0, 0.05) is 24.3 Å². The average Bonchev–Trinajstić information content (AvgIpc) is 2.27. The third kappa shape index (κ3) is 5.35. The highest BCUT2D eigenvalue weighted by Gasteiger charge is 2.30. The van der Waals surface area contributed by atoms with E-state index in [1.807, 2.05) is 0 Å². The van der Waals surface area contributed by atoms with Crippen molar-refractivity contribution in [2.45, 2.75) is 12.7 Å². The van der Waals surface area contributed by atoms with E-state index in [1.54, 1.807) is 18.2 Å². The number of nitrogens with two attached hydrogens (primary N) is 1. The Hall–Kier alpha value is -1.47. The van der Waals surface area contributed by atoms with Gasteiger partial charge in [0.2, 0.25) is 0 Å². The van der Waals surface area contributed by atoms with Crippen LogP contribution in [0.2, 0.25) is 0 Å². The number of aliphatic hydroxyl groups excluding tert-OH is 1. The second-order valence-corrected chi connectivity index (χ2v) is 4.12. The van der Waals surface area contributed by atoms with E-state index in [2.05, 4.69) is 0 Å². The van der Waals surface area contributed by atoms with Gasteiger partial charge >= 0.3 is 6.18 Å². The molecule has 1 aromatic rings. The highest BCUT2D eigenvalue weighted by molar-refractivity contribution is 5.47. The second-order valence-electron chi connectivity index (χ2n) is 4.12. The first-order valence-electron chi connectivity index (χ1n) is 5.68. The summed E-state index contributed by atoms with van der Waals surface area (Å²) in [6, 6.07) is 4.79. The summed E-state index contributed by atoms with van der Waals surface area (Å²) in [4.78, 5) is 1.09. The molecule has 0 radical (unpaired) electrons. The zero-order valence-electron chi connectivity index (χ0n) is 10.6. The van der Waals surface area contributed by atoms with Crippen LogP contribution in [0.25, 0.3) is 0 Å². The van der Waals surface area contributed by atoms with Gasteiger partial charge in [0.25, 0.3) is 0 Å². The predicted molar refractivity (Wildman–Crippen MR) is 65.8 cm³/mol. The first-order valence-corrected chi connectivity index (χ1v) is 5.68. The lowest BCUT2D eigenvalue weighted by atomic mass is 10.1. The number of aliphatic hydroxyl groups is 1. The highest BCUT2D eigenvalue weighted by atomic mass is 19.4. The molecule has 0 atom stereocenters. The molecule has 1 aromatic carbocycles. The van der Waals surface area contributed by atoms with E-state index >= 15 is 0 Å². The lowest BCUT2D eigenvalue weighted by molar-refractivity contribution is -0.148. The van der Waals surface area contributed by atoms with E-state index < -0.39 is 12.7 Å². The van der Waals surface area contributed by atoms with Crippen LogP contribution in [-0.2, 0) is 6.54 Å².